The third-order valence-electron chi connectivity index (χ3n) is 3.44. The maximum atomic E-state index is 12.2. The second-order valence-electron chi connectivity index (χ2n) is 4.84. The van der Waals surface area contributed by atoms with Crippen molar-refractivity contribution in [3.8, 4) is 0 Å². The van der Waals surface area contributed by atoms with Gasteiger partial charge >= 0.3 is 0 Å². The van der Waals surface area contributed by atoms with Crippen LogP contribution in [0.2, 0.25) is 5.02 Å². The summed E-state index contributed by atoms with van der Waals surface area (Å²) in [7, 11) is 0. The van der Waals surface area contributed by atoms with Crippen molar-refractivity contribution in [2.75, 3.05) is 31.1 Å². The van der Waals surface area contributed by atoms with Crippen LogP contribution in [-0.2, 0) is 4.79 Å². The second-order valence-corrected chi connectivity index (χ2v) is 5.25. The largest absolute Gasteiger partial charge is 0.366 e. The molecule has 0 bridgehead atoms. The summed E-state index contributed by atoms with van der Waals surface area (Å²) < 4.78 is 0. The fourth-order valence-electron chi connectivity index (χ4n) is 2.41. The minimum atomic E-state index is -0.524. The Morgan fingerprint density at radius 3 is 2.90 bits per heavy atom. The molecule has 1 aromatic rings. The number of hydrogen-bond donors (Lipinski definition) is 3. The standard InChI is InChI=1S/C14H19ClN4O2/c1-2-18-14(21)12-8-17-5-6-19(12)11-4-3-9(13(16)20)7-10(11)15/h3-4,7,12,17H,2,5-6,8H2,1H3,(H2,16,20)(H,18,21). The van der Waals surface area contributed by atoms with E-state index in [0.29, 0.717) is 30.2 Å². The molecule has 114 valence electrons. The fraction of sp³-hybridized carbons (Fsp3) is 0.429. The second kappa shape index (κ2) is 6.78. The number of nitrogens with zero attached hydrogens (tertiary/aromatic N) is 1. The van der Waals surface area contributed by atoms with Crippen molar-refractivity contribution < 1.29 is 9.59 Å². The Morgan fingerprint density at radius 2 is 2.29 bits per heavy atom. The summed E-state index contributed by atoms with van der Waals surface area (Å²) in [6.07, 6.45) is 0. The molecule has 21 heavy (non-hydrogen) atoms. The first kappa shape index (κ1) is 15.6. The molecule has 4 N–H and O–H groups in total. The molecule has 7 heteroatoms. The molecule has 1 heterocycles. The lowest BCUT2D eigenvalue weighted by atomic mass is 10.1. The van der Waals surface area contributed by atoms with E-state index < -0.39 is 5.91 Å². The van der Waals surface area contributed by atoms with E-state index in [0.717, 1.165) is 12.2 Å². The summed E-state index contributed by atoms with van der Waals surface area (Å²) in [5.41, 5.74) is 6.33. The van der Waals surface area contributed by atoms with Gasteiger partial charge in [0.2, 0.25) is 11.8 Å². The first-order chi connectivity index (χ1) is 10.0. The number of anilines is 1. The Labute approximate surface area is 128 Å². The lowest BCUT2D eigenvalue weighted by Crippen LogP contribution is -2.58. The zero-order chi connectivity index (χ0) is 15.4. The van der Waals surface area contributed by atoms with Crippen LogP contribution in [0.4, 0.5) is 5.69 Å². The number of rotatable bonds is 4. The molecular formula is C14H19ClN4O2. The van der Waals surface area contributed by atoms with Gasteiger partial charge in [-0.1, -0.05) is 11.6 Å². The molecule has 1 aliphatic rings. The maximum Gasteiger partial charge on any atom is 0.248 e. The maximum absolute atomic E-state index is 12.2. The van der Waals surface area contributed by atoms with Gasteiger partial charge in [-0.3, -0.25) is 9.59 Å². The highest BCUT2D eigenvalue weighted by Gasteiger charge is 2.29. The molecule has 6 nitrogen and oxygen atoms in total. The number of carbonyl (C=O) groups excluding carboxylic acids is 2. The van der Waals surface area contributed by atoms with Crippen molar-refractivity contribution in [2.45, 2.75) is 13.0 Å². The molecule has 0 aromatic heterocycles. The van der Waals surface area contributed by atoms with E-state index in [1.54, 1.807) is 12.1 Å². The van der Waals surface area contributed by atoms with E-state index in [1.165, 1.54) is 6.07 Å². The van der Waals surface area contributed by atoms with Crippen molar-refractivity contribution in [3.05, 3.63) is 28.8 Å². The lowest BCUT2D eigenvalue weighted by Gasteiger charge is -2.37. The predicted octanol–water partition coefficient (Wildman–Crippen LogP) is 0.353. The van der Waals surface area contributed by atoms with Gasteiger partial charge in [0.1, 0.15) is 6.04 Å². The monoisotopic (exact) mass is 310 g/mol. The molecule has 1 aromatic carbocycles. The summed E-state index contributed by atoms with van der Waals surface area (Å²) in [4.78, 5) is 25.3. The SMILES string of the molecule is CCNC(=O)C1CNCCN1c1ccc(C(N)=O)cc1Cl. The van der Waals surface area contributed by atoms with Crippen LogP contribution in [0.3, 0.4) is 0 Å². The normalized spacial score (nSPS) is 18.4. The number of amides is 2. The molecule has 1 aliphatic heterocycles. The van der Waals surface area contributed by atoms with Crippen LogP contribution in [0.1, 0.15) is 17.3 Å². The van der Waals surface area contributed by atoms with Crippen LogP contribution in [0.15, 0.2) is 18.2 Å². The topological polar surface area (TPSA) is 87.5 Å². The van der Waals surface area contributed by atoms with Crippen LogP contribution in [0.5, 0.6) is 0 Å². The van der Waals surface area contributed by atoms with Gasteiger partial charge in [0.25, 0.3) is 0 Å². The van der Waals surface area contributed by atoms with Crippen molar-refractivity contribution in [1.82, 2.24) is 10.6 Å². The quantitative estimate of drug-likeness (QED) is 0.749. The summed E-state index contributed by atoms with van der Waals surface area (Å²) in [5, 5.41) is 6.45. The van der Waals surface area contributed by atoms with Gasteiger partial charge in [-0.15, -0.1) is 0 Å². The molecule has 2 rings (SSSR count). The molecule has 0 spiro atoms. The van der Waals surface area contributed by atoms with Crippen LogP contribution in [-0.4, -0.2) is 44.0 Å². The van der Waals surface area contributed by atoms with Crippen LogP contribution in [0.25, 0.3) is 0 Å². The Hall–Kier alpha value is -1.79. The predicted molar refractivity (Wildman–Crippen MR) is 82.7 cm³/mol. The lowest BCUT2D eigenvalue weighted by molar-refractivity contribution is -0.122. The molecule has 1 saturated heterocycles. The Balaban J connectivity index is 2.29. The van der Waals surface area contributed by atoms with Crippen molar-refractivity contribution in [3.63, 3.8) is 0 Å². The Morgan fingerprint density at radius 1 is 1.52 bits per heavy atom. The minimum absolute atomic E-state index is 0.0419. The van der Waals surface area contributed by atoms with Gasteiger partial charge in [0.05, 0.1) is 10.7 Å². The summed E-state index contributed by atoms with van der Waals surface area (Å²) in [6, 6.07) is 4.58. The van der Waals surface area contributed by atoms with E-state index in [4.69, 9.17) is 17.3 Å². The van der Waals surface area contributed by atoms with E-state index in [2.05, 4.69) is 10.6 Å². The van der Waals surface area contributed by atoms with Gasteiger partial charge in [0.15, 0.2) is 0 Å². The van der Waals surface area contributed by atoms with Crippen molar-refractivity contribution >= 4 is 29.1 Å². The minimum Gasteiger partial charge on any atom is -0.366 e. The first-order valence-electron chi connectivity index (χ1n) is 6.89. The number of nitrogens with one attached hydrogen (secondary N) is 2. The molecule has 0 saturated carbocycles. The molecule has 2 amide bonds. The van der Waals surface area contributed by atoms with E-state index in [-0.39, 0.29) is 11.9 Å². The van der Waals surface area contributed by atoms with E-state index in [1.807, 2.05) is 11.8 Å². The Kier molecular flexibility index (Phi) is 5.03. The van der Waals surface area contributed by atoms with Crippen LogP contribution < -0.4 is 21.3 Å². The van der Waals surface area contributed by atoms with Crippen LogP contribution in [0, 0.1) is 0 Å². The number of halogens is 1. The number of likely N-dealkylation sites (N-methyl/N-ethyl adjacent to an activating group) is 1. The molecule has 1 unspecified atom stereocenters. The van der Waals surface area contributed by atoms with Crippen molar-refractivity contribution in [2.24, 2.45) is 5.73 Å². The summed E-state index contributed by atoms with van der Waals surface area (Å²) in [6.45, 7) is 4.45. The number of hydrogen-bond acceptors (Lipinski definition) is 4. The third kappa shape index (κ3) is 3.46. The number of benzene rings is 1. The fourth-order valence-corrected chi connectivity index (χ4v) is 2.70. The molecule has 0 aliphatic carbocycles. The van der Waals surface area contributed by atoms with Gasteiger partial charge < -0.3 is 21.3 Å². The number of carbonyl (C=O) groups is 2. The van der Waals surface area contributed by atoms with Gasteiger partial charge in [-0.25, -0.2) is 0 Å². The van der Waals surface area contributed by atoms with Gasteiger partial charge in [-0.05, 0) is 25.1 Å². The zero-order valence-electron chi connectivity index (χ0n) is 11.9. The molecule has 1 atom stereocenters. The first-order valence-corrected chi connectivity index (χ1v) is 7.26. The number of piperazine rings is 1. The van der Waals surface area contributed by atoms with E-state index in [9.17, 15) is 9.59 Å². The molecule has 0 radical (unpaired) electrons. The van der Waals surface area contributed by atoms with Crippen LogP contribution >= 0.6 is 11.6 Å². The van der Waals surface area contributed by atoms with E-state index >= 15 is 0 Å². The molecular weight excluding hydrogens is 292 g/mol. The van der Waals surface area contributed by atoms with Gasteiger partial charge in [0, 0.05) is 31.7 Å². The summed E-state index contributed by atoms with van der Waals surface area (Å²) in [5.74, 6) is -0.566. The highest BCUT2D eigenvalue weighted by Crippen LogP contribution is 2.29. The smallest absolute Gasteiger partial charge is 0.248 e. The van der Waals surface area contributed by atoms with Gasteiger partial charge in [-0.2, -0.15) is 0 Å². The Bertz CT molecular complexity index is 550. The number of nitrogens with two attached hydrogens (primary N) is 1. The van der Waals surface area contributed by atoms with Crippen molar-refractivity contribution in [1.29, 1.82) is 0 Å². The molecule has 1 fully saturated rings. The highest BCUT2D eigenvalue weighted by atomic mass is 35.5. The number of primary amides is 1. The third-order valence-corrected chi connectivity index (χ3v) is 3.74. The average molecular weight is 311 g/mol. The summed E-state index contributed by atoms with van der Waals surface area (Å²) >= 11 is 6.25. The zero-order valence-corrected chi connectivity index (χ0v) is 12.6. The average Bonchev–Trinajstić information content (AvgIpc) is 2.47. The highest BCUT2D eigenvalue weighted by molar-refractivity contribution is 6.33.